The number of rotatable bonds is 2. The molecule has 2 aliphatic heterocycles. The van der Waals surface area contributed by atoms with Gasteiger partial charge in [0.25, 0.3) is 5.56 Å². The molecular weight excluding hydrogens is 466 g/mol. The summed E-state index contributed by atoms with van der Waals surface area (Å²) in [5, 5.41) is 9.42. The third-order valence-electron chi connectivity index (χ3n) is 7.51. The lowest BCUT2D eigenvalue weighted by Gasteiger charge is -2.36. The monoisotopic (exact) mass is 497 g/mol. The van der Waals surface area contributed by atoms with Gasteiger partial charge in [-0.3, -0.25) is 14.3 Å². The molecule has 4 aromatic rings. The van der Waals surface area contributed by atoms with Crippen LogP contribution in [0.15, 0.2) is 53.5 Å². The Labute approximate surface area is 215 Å². The number of benzene rings is 1. The molecule has 0 saturated carbocycles. The second-order valence-electron chi connectivity index (χ2n) is 11.1. The van der Waals surface area contributed by atoms with E-state index >= 15 is 0 Å². The molecule has 1 saturated heterocycles. The standard InChI is InChI=1S/C29H31N5O3/c1-17-6-10-22(31-30-17)18-12-13-33(26(35)14-18)19-7-9-21-24(15-19)32(5)25-16-20-8-11-23(27(21)25)34(20)28(36)37-29(2,3)4/h6-7,9-10,12-15,20,23H,8,11,16H2,1-5H3. The van der Waals surface area contributed by atoms with Crippen molar-refractivity contribution in [2.24, 2.45) is 7.05 Å². The van der Waals surface area contributed by atoms with Crippen molar-refractivity contribution in [2.75, 3.05) is 0 Å². The number of amides is 1. The quantitative estimate of drug-likeness (QED) is 0.385. The highest BCUT2D eigenvalue weighted by molar-refractivity contribution is 5.89. The summed E-state index contributed by atoms with van der Waals surface area (Å²) in [6, 6.07) is 13.5. The third-order valence-corrected chi connectivity index (χ3v) is 7.51. The van der Waals surface area contributed by atoms with Crippen molar-refractivity contribution >= 4 is 17.0 Å². The van der Waals surface area contributed by atoms with Crippen LogP contribution in [0.1, 0.15) is 56.6 Å². The first-order valence-corrected chi connectivity index (χ1v) is 12.8. The van der Waals surface area contributed by atoms with E-state index in [1.54, 1.807) is 16.8 Å². The number of ether oxygens (including phenoxy) is 1. The summed E-state index contributed by atoms with van der Waals surface area (Å²) in [6.07, 6.45) is 4.27. The second kappa shape index (κ2) is 8.30. The summed E-state index contributed by atoms with van der Waals surface area (Å²) in [5.74, 6) is 0. The molecular formula is C29H31N5O3. The zero-order valence-electron chi connectivity index (χ0n) is 21.9. The van der Waals surface area contributed by atoms with Crippen molar-refractivity contribution in [3.05, 3.63) is 76.0 Å². The first-order chi connectivity index (χ1) is 17.6. The highest BCUT2D eigenvalue weighted by Gasteiger charge is 2.46. The fraction of sp³-hybridized carbons (Fsp3) is 0.379. The predicted octanol–water partition coefficient (Wildman–Crippen LogP) is 5.09. The van der Waals surface area contributed by atoms with Gasteiger partial charge in [0.05, 0.1) is 28.6 Å². The number of nitrogens with zero attached hydrogens (tertiary/aromatic N) is 5. The molecule has 0 spiro atoms. The van der Waals surface area contributed by atoms with Crippen LogP contribution in [0.5, 0.6) is 0 Å². The number of carbonyl (C=O) groups is 1. The molecule has 2 aliphatic rings. The lowest BCUT2D eigenvalue weighted by molar-refractivity contribution is 0.0124. The number of aryl methyl sites for hydroxylation is 2. The number of carbonyl (C=O) groups excluding carboxylic acids is 1. The van der Waals surface area contributed by atoms with Gasteiger partial charge < -0.3 is 9.30 Å². The summed E-state index contributed by atoms with van der Waals surface area (Å²) >= 11 is 0. The fourth-order valence-corrected chi connectivity index (χ4v) is 5.86. The van der Waals surface area contributed by atoms with Crippen molar-refractivity contribution in [1.29, 1.82) is 0 Å². The van der Waals surface area contributed by atoms with E-state index in [0.717, 1.165) is 47.1 Å². The van der Waals surface area contributed by atoms with Crippen LogP contribution >= 0.6 is 0 Å². The van der Waals surface area contributed by atoms with Gasteiger partial charge in [0, 0.05) is 54.0 Å². The van der Waals surface area contributed by atoms with E-state index in [1.807, 2.05) is 56.9 Å². The lowest BCUT2D eigenvalue weighted by atomic mass is 9.97. The van der Waals surface area contributed by atoms with Gasteiger partial charge in [0.2, 0.25) is 0 Å². The Bertz CT molecular complexity index is 1590. The van der Waals surface area contributed by atoms with Gasteiger partial charge in [-0.05, 0) is 70.9 Å². The number of pyridine rings is 1. The van der Waals surface area contributed by atoms with Crippen molar-refractivity contribution in [2.45, 2.75) is 64.6 Å². The van der Waals surface area contributed by atoms with E-state index in [-0.39, 0.29) is 23.7 Å². The van der Waals surface area contributed by atoms with Gasteiger partial charge in [-0.15, -0.1) is 0 Å². The molecule has 0 radical (unpaired) electrons. The average Bonchev–Trinajstić information content (AvgIpc) is 3.31. The minimum atomic E-state index is -0.528. The van der Waals surface area contributed by atoms with E-state index in [0.29, 0.717) is 5.69 Å². The van der Waals surface area contributed by atoms with Gasteiger partial charge in [-0.1, -0.05) is 6.07 Å². The smallest absolute Gasteiger partial charge is 0.411 e. The first-order valence-electron chi connectivity index (χ1n) is 12.8. The van der Waals surface area contributed by atoms with Gasteiger partial charge >= 0.3 is 6.09 Å². The average molecular weight is 498 g/mol. The fourth-order valence-electron chi connectivity index (χ4n) is 5.86. The van der Waals surface area contributed by atoms with Crippen molar-refractivity contribution in [1.82, 2.24) is 24.2 Å². The summed E-state index contributed by atoms with van der Waals surface area (Å²) in [6.45, 7) is 7.60. The largest absolute Gasteiger partial charge is 0.444 e. The Morgan fingerprint density at radius 2 is 1.86 bits per heavy atom. The molecule has 5 heterocycles. The second-order valence-corrected chi connectivity index (χ2v) is 11.1. The maximum atomic E-state index is 13.1. The first kappa shape index (κ1) is 23.5. The third kappa shape index (κ3) is 3.91. The van der Waals surface area contributed by atoms with Crippen molar-refractivity contribution in [3.8, 4) is 16.9 Å². The lowest BCUT2D eigenvalue weighted by Crippen LogP contribution is -2.44. The molecule has 2 atom stereocenters. The summed E-state index contributed by atoms with van der Waals surface area (Å²) in [7, 11) is 2.08. The minimum Gasteiger partial charge on any atom is -0.444 e. The SMILES string of the molecule is Cc1ccc(-c2ccn(-c3ccc4c5c(n(C)c4c3)CC3CCC5N3C(=O)OC(C)(C)C)c(=O)c2)nn1. The molecule has 8 nitrogen and oxygen atoms in total. The van der Waals surface area contributed by atoms with Crippen LogP contribution in [0.4, 0.5) is 4.79 Å². The number of hydrogen-bond acceptors (Lipinski definition) is 5. The van der Waals surface area contributed by atoms with E-state index < -0.39 is 5.60 Å². The topological polar surface area (TPSA) is 82.3 Å². The van der Waals surface area contributed by atoms with E-state index in [2.05, 4.69) is 33.9 Å². The number of hydrogen-bond donors (Lipinski definition) is 0. The molecule has 1 fully saturated rings. The predicted molar refractivity (Wildman–Crippen MR) is 142 cm³/mol. The molecule has 37 heavy (non-hydrogen) atoms. The van der Waals surface area contributed by atoms with Crippen LogP contribution in [0.2, 0.25) is 0 Å². The highest BCUT2D eigenvalue weighted by atomic mass is 16.6. The normalized spacial score (nSPS) is 18.8. The highest BCUT2D eigenvalue weighted by Crippen LogP contribution is 2.48. The molecule has 1 amide bonds. The van der Waals surface area contributed by atoms with Crippen LogP contribution in [-0.2, 0) is 18.2 Å². The van der Waals surface area contributed by atoms with Crippen LogP contribution in [-0.4, -0.2) is 42.0 Å². The molecule has 2 unspecified atom stereocenters. The molecule has 190 valence electrons. The van der Waals surface area contributed by atoms with Crippen LogP contribution in [0.3, 0.4) is 0 Å². The molecule has 1 aromatic carbocycles. The van der Waals surface area contributed by atoms with Crippen molar-refractivity contribution in [3.63, 3.8) is 0 Å². The van der Waals surface area contributed by atoms with Crippen LogP contribution in [0, 0.1) is 6.92 Å². The van der Waals surface area contributed by atoms with Crippen molar-refractivity contribution < 1.29 is 9.53 Å². The summed E-state index contributed by atoms with van der Waals surface area (Å²) in [5.41, 5.74) is 5.91. The van der Waals surface area contributed by atoms with E-state index in [9.17, 15) is 9.59 Å². The molecule has 0 aliphatic carbocycles. The Morgan fingerprint density at radius 3 is 2.57 bits per heavy atom. The van der Waals surface area contributed by atoms with E-state index in [1.165, 1.54) is 11.3 Å². The number of aromatic nitrogens is 4. The molecule has 2 bridgehead atoms. The molecule has 0 N–H and O–H groups in total. The Balaban J connectivity index is 1.38. The zero-order chi connectivity index (χ0) is 26.1. The van der Waals surface area contributed by atoms with Gasteiger partial charge in [-0.2, -0.15) is 10.2 Å². The maximum Gasteiger partial charge on any atom is 0.411 e. The summed E-state index contributed by atoms with van der Waals surface area (Å²) < 4.78 is 9.64. The Kier molecular flexibility index (Phi) is 5.26. The molecule has 3 aromatic heterocycles. The summed E-state index contributed by atoms with van der Waals surface area (Å²) in [4.78, 5) is 28.1. The van der Waals surface area contributed by atoms with Crippen LogP contribution < -0.4 is 5.56 Å². The van der Waals surface area contributed by atoms with Gasteiger partial charge in [0.1, 0.15) is 5.60 Å². The van der Waals surface area contributed by atoms with Crippen LogP contribution in [0.25, 0.3) is 27.8 Å². The Morgan fingerprint density at radius 1 is 1.05 bits per heavy atom. The molecule has 8 heteroatoms. The van der Waals surface area contributed by atoms with E-state index in [4.69, 9.17) is 4.74 Å². The van der Waals surface area contributed by atoms with Gasteiger partial charge in [-0.25, -0.2) is 4.79 Å². The number of fused-ring (bicyclic) bond motifs is 6. The maximum absolute atomic E-state index is 13.1. The zero-order valence-corrected chi connectivity index (χ0v) is 21.9. The van der Waals surface area contributed by atoms with Gasteiger partial charge in [0.15, 0.2) is 0 Å². The molecule has 6 rings (SSSR count). The minimum absolute atomic E-state index is 0.00998. The Hall–Kier alpha value is -3.94.